The Morgan fingerprint density at radius 1 is 1.44 bits per heavy atom. The number of carbonyl (C=O) groups is 1. The molecule has 0 saturated carbocycles. The summed E-state index contributed by atoms with van der Waals surface area (Å²) in [6, 6.07) is 3.59. The van der Waals surface area contributed by atoms with Crippen LogP contribution < -0.4 is 0 Å². The molecule has 0 aromatic heterocycles. The average Bonchev–Trinajstić information content (AvgIpc) is 2.35. The number of phenolic OH excluding ortho intramolecular Hbond substituents is 1. The number of aromatic hydroxyl groups is 1. The summed E-state index contributed by atoms with van der Waals surface area (Å²) in [7, 11) is 0. The zero-order valence-electron chi connectivity index (χ0n) is 10.7. The first-order valence-electron chi connectivity index (χ1n) is 6.30. The van der Waals surface area contributed by atoms with Gasteiger partial charge in [-0.05, 0) is 43.9 Å². The molecule has 2 unspecified atom stereocenters. The summed E-state index contributed by atoms with van der Waals surface area (Å²) in [4.78, 5) is 14.1. The number of nitrogens with zero attached hydrogens (tertiary/aromatic N) is 1. The quantitative estimate of drug-likeness (QED) is 0.833. The number of phenols is 1. The van der Waals surface area contributed by atoms with E-state index < -0.39 is 5.82 Å². The fraction of sp³-hybridized carbons (Fsp3) is 0.500. The van der Waals surface area contributed by atoms with Gasteiger partial charge < -0.3 is 10.0 Å². The molecule has 0 radical (unpaired) electrons. The van der Waals surface area contributed by atoms with Crippen LogP contribution in [0.25, 0.3) is 0 Å². The smallest absolute Gasteiger partial charge is 0.257 e. The van der Waals surface area contributed by atoms with Gasteiger partial charge >= 0.3 is 0 Å². The minimum atomic E-state index is -0.506. The summed E-state index contributed by atoms with van der Waals surface area (Å²) < 4.78 is 13.2. The number of piperidine rings is 1. The number of rotatable bonds is 1. The third-order valence-corrected chi connectivity index (χ3v) is 3.82. The Bertz CT molecular complexity index is 461. The minimum Gasteiger partial charge on any atom is -0.507 e. The van der Waals surface area contributed by atoms with E-state index in [4.69, 9.17) is 0 Å². The second-order valence-electron chi connectivity index (χ2n) is 5.02. The monoisotopic (exact) mass is 251 g/mol. The van der Waals surface area contributed by atoms with Crippen molar-refractivity contribution in [1.82, 2.24) is 4.90 Å². The summed E-state index contributed by atoms with van der Waals surface area (Å²) in [6.07, 6.45) is 2.05. The van der Waals surface area contributed by atoms with Crippen LogP contribution in [0.5, 0.6) is 5.75 Å². The Balaban J connectivity index is 2.27. The predicted molar refractivity (Wildman–Crippen MR) is 67.0 cm³/mol. The normalized spacial score (nSPS) is 24.1. The van der Waals surface area contributed by atoms with Crippen LogP contribution in [0.15, 0.2) is 18.2 Å². The number of hydrogen-bond donors (Lipinski definition) is 1. The van der Waals surface area contributed by atoms with E-state index in [-0.39, 0.29) is 23.3 Å². The molecular formula is C14H18FNO2. The molecule has 1 N–H and O–H groups in total. The fourth-order valence-corrected chi connectivity index (χ4v) is 2.46. The van der Waals surface area contributed by atoms with E-state index >= 15 is 0 Å². The van der Waals surface area contributed by atoms with E-state index in [1.54, 1.807) is 4.90 Å². The Labute approximate surface area is 106 Å². The van der Waals surface area contributed by atoms with Gasteiger partial charge in [-0.25, -0.2) is 4.39 Å². The molecule has 1 fully saturated rings. The van der Waals surface area contributed by atoms with E-state index in [2.05, 4.69) is 6.92 Å². The molecule has 1 saturated heterocycles. The zero-order valence-corrected chi connectivity index (χ0v) is 10.7. The summed E-state index contributed by atoms with van der Waals surface area (Å²) in [5.41, 5.74) is 0.0518. The molecule has 1 aliphatic rings. The van der Waals surface area contributed by atoms with E-state index in [1.165, 1.54) is 6.07 Å². The Morgan fingerprint density at radius 2 is 2.17 bits per heavy atom. The van der Waals surface area contributed by atoms with Gasteiger partial charge in [-0.1, -0.05) is 6.92 Å². The maximum Gasteiger partial charge on any atom is 0.257 e. The van der Waals surface area contributed by atoms with Crippen LogP contribution in [0.2, 0.25) is 0 Å². The highest BCUT2D eigenvalue weighted by molar-refractivity contribution is 5.97. The standard InChI is InChI=1S/C14H18FNO2/c1-9-4-3-7-16(10(9)2)14(18)12-8-11(15)5-6-13(12)17/h5-6,8-10,17H,3-4,7H2,1-2H3. The van der Waals surface area contributed by atoms with Crippen LogP contribution >= 0.6 is 0 Å². The highest BCUT2D eigenvalue weighted by Gasteiger charge is 2.30. The number of carbonyl (C=O) groups excluding carboxylic acids is 1. The maximum absolute atomic E-state index is 13.2. The highest BCUT2D eigenvalue weighted by atomic mass is 19.1. The lowest BCUT2D eigenvalue weighted by atomic mass is 9.91. The van der Waals surface area contributed by atoms with Gasteiger partial charge in [0.15, 0.2) is 0 Å². The summed E-state index contributed by atoms with van der Waals surface area (Å²) in [6.45, 7) is 4.77. The van der Waals surface area contributed by atoms with Gasteiger partial charge in [-0.2, -0.15) is 0 Å². The van der Waals surface area contributed by atoms with Gasteiger partial charge in [-0.15, -0.1) is 0 Å². The van der Waals surface area contributed by atoms with Crippen molar-refractivity contribution >= 4 is 5.91 Å². The van der Waals surface area contributed by atoms with Crippen LogP contribution in [-0.4, -0.2) is 28.5 Å². The van der Waals surface area contributed by atoms with Gasteiger partial charge in [0, 0.05) is 12.6 Å². The number of likely N-dealkylation sites (tertiary alicyclic amines) is 1. The van der Waals surface area contributed by atoms with Gasteiger partial charge in [0.25, 0.3) is 5.91 Å². The van der Waals surface area contributed by atoms with Crippen LogP contribution in [0.1, 0.15) is 37.0 Å². The van der Waals surface area contributed by atoms with Crippen molar-refractivity contribution in [3.8, 4) is 5.75 Å². The van der Waals surface area contributed by atoms with Crippen molar-refractivity contribution in [3.05, 3.63) is 29.6 Å². The molecule has 0 bridgehead atoms. The van der Waals surface area contributed by atoms with Gasteiger partial charge in [0.2, 0.25) is 0 Å². The number of halogens is 1. The van der Waals surface area contributed by atoms with Crippen molar-refractivity contribution < 1.29 is 14.3 Å². The van der Waals surface area contributed by atoms with Gasteiger partial charge in [-0.3, -0.25) is 4.79 Å². The first-order chi connectivity index (χ1) is 8.50. The second kappa shape index (κ2) is 4.96. The Morgan fingerprint density at radius 3 is 2.89 bits per heavy atom. The lowest BCUT2D eigenvalue weighted by Gasteiger charge is -2.38. The molecule has 1 amide bonds. The van der Waals surface area contributed by atoms with Crippen molar-refractivity contribution in [1.29, 1.82) is 0 Å². The molecule has 4 heteroatoms. The molecule has 0 aliphatic carbocycles. The Kier molecular flexibility index (Phi) is 3.55. The SMILES string of the molecule is CC1CCCN(C(=O)c2cc(F)ccc2O)C1C. The second-order valence-corrected chi connectivity index (χ2v) is 5.02. The molecular weight excluding hydrogens is 233 g/mol. The van der Waals surface area contributed by atoms with Gasteiger partial charge in [0.1, 0.15) is 11.6 Å². The van der Waals surface area contributed by atoms with Crippen molar-refractivity contribution in [3.63, 3.8) is 0 Å². The van der Waals surface area contributed by atoms with E-state index in [0.717, 1.165) is 25.0 Å². The lowest BCUT2D eigenvalue weighted by molar-refractivity contribution is 0.0547. The molecule has 18 heavy (non-hydrogen) atoms. The summed E-state index contributed by atoms with van der Waals surface area (Å²) >= 11 is 0. The van der Waals surface area contributed by atoms with Crippen molar-refractivity contribution in [2.24, 2.45) is 5.92 Å². The first-order valence-corrected chi connectivity index (χ1v) is 6.30. The molecule has 0 spiro atoms. The average molecular weight is 251 g/mol. The first kappa shape index (κ1) is 12.9. The van der Waals surface area contributed by atoms with E-state index in [0.29, 0.717) is 12.5 Å². The summed E-state index contributed by atoms with van der Waals surface area (Å²) in [5.74, 6) is -0.523. The maximum atomic E-state index is 13.2. The van der Waals surface area contributed by atoms with Crippen LogP contribution in [0.4, 0.5) is 4.39 Å². The topological polar surface area (TPSA) is 40.5 Å². The van der Waals surface area contributed by atoms with Gasteiger partial charge in [0.05, 0.1) is 5.56 Å². The molecule has 3 nitrogen and oxygen atoms in total. The predicted octanol–water partition coefficient (Wildman–Crippen LogP) is 2.79. The van der Waals surface area contributed by atoms with Crippen molar-refractivity contribution in [2.45, 2.75) is 32.7 Å². The lowest BCUT2D eigenvalue weighted by Crippen LogP contribution is -2.46. The largest absolute Gasteiger partial charge is 0.507 e. The number of benzene rings is 1. The van der Waals surface area contributed by atoms with Crippen molar-refractivity contribution in [2.75, 3.05) is 6.54 Å². The molecule has 2 atom stereocenters. The van der Waals surface area contributed by atoms with Crippen LogP contribution in [-0.2, 0) is 0 Å². The number of hydrogen-bond acceptors (Lipinski definition) is 2. The molecule has 1 aliphatic heterocycles. The molecule has 1 aromatic rings. The number of amides is 1. The molecule has 1 aromatic carbocycles. The Hall–Kier alpha value is -1.58. The van der Waals surface area contributed by atoms with Crippen LogP contribution in [0, 0.1) is 11.7 Å². The van der Waals surface area contributed by atoms with Crippen LogP contribution in [0.3, 0.4) is 0 Å². The third kappa shape index (κ3) is 2.33. The molecule has 2 rings (SSSR count). The zero-order chi connectivity index (χ0) is 13.3. The van der Waals surface area contributed by atoms with E-state index in [1.807, 2.05) is 6.92 Å². The summed E-state index contributed by atoms with van der Waals surface area (Å²) in [5, 5.41) is 9.67. The highest BCUT2D eigenvalue weighted by Crippen LogP contribution is 2.27. The molecule has 98 valence electrons. The van der Waals surface area contributed by atoms with E-state index in [9.17, 15) is 14.3 Å². The third-order valence-electron chi connectivity index (χ3n) is 3.82. The minimum absolute atomic E-state index is 0.0518. The molecule has 1 heterocycles. The fourth-order valence-electron chi connectivity index (χ4n) is 2.46.